The van der Waals surface area contributed by atoms with Crippen molar-refractivity contribution < 1.29 is 0 Å². The van der Waals surface area contributed by atoms with Crippen LogP contribution in [-0.2, 0) is 6.42 Å². The Labute approximate surface area is 337 Å². The van der Waals surface area contributed by atoms with Crippen molar-refractivity contribution >= 4 is 99.0 Å². The van der Waals surface area contributed by atoms with Gasteiger partial charge < -0.3 is 13.4 Å². The zero-order valence-corrected chi connectivity index (χ0v) is 32.2. The van der Waals surface area contributed by atoms with Gasteiger partial charge in [0, 0.05) is 59.1 Å². The second kappa shape index (κ2) is 11.3. The maximum Gasteiger partial charge on any atom is 0.0703 e. The Bertz CT molecular complexity index is 3860. The Morgan fingerprint density at radius 3 is 1.86 bits per heavy atom. The zero-order chi connectivity index (χ0) is 37.6. The van der Waals surface area contributed by atoms with Crippen LogP contribution in [0.2, 0.25) is 0 Å². The minimum atomic E-state index is 0.274. The van der Waals surface area contributed by atoms with Crippen LogP contribution in [0.3, 0.4) is 0 Å². The molecule has 0 amide bonds. The highest BCUT2D eigenvalue weighted by Gasteiger charge is 2.27. The maximum atomic E-state index is 2.57. The molecule has 13 aromatic rings. The van der Waals surface area contributed by atoms with Crippen LogP contribution < -0.4 is 0 Å². The monoisotopic (exact) mass is 755 g/mol. The van der Waals surface area contributed by atoms with Crippen LogP contribution in [-0.4, -0.2) is 13.4 Å². The van der Waals surface area contributed by atoms with Crippen molar-refractivity contribution in [2.45, 2.75) is 22.1 Å². The van der Waals surface area contributed by atoms with E-state index in [0.29, 0.717) is 0 Å². The van der Waals surface area contributed by atoms with Gasteiger partial charge in [0.25, 0.3) is 0 Å². The summed E-state index contributed by atoms with van der Waals surface area (Å²) >= 11 is 1.91. The predicted molar refractivity (Wildman–Crippen MR) is 244 cm³/mol. The Kier molecular flexibility index (Phi) is 6.07. The fraction of sp³-hybridized carbons (Fsp3) is 0.0370. The van der Waals surface area contributed by atoms with Gasteiger partial charge in [-0.25, -0.2) is 0 Å². The highest BCUT2D eigenvalue weighted by atomic mass is 32.2. The van der Waals surface area contributed by atoms with Crippen LogP contribution in [0.4, 0.5) is 0 Å². The van der Waals surface area contributed by atoms with E-state index < -0.39 is 0 Å². The maximum absolute atomic E-state index is 2.57. The quantitative estimate of drug-likeness (QED) is 0.171. The molecule has 14 rings (SSSR count). The third-order valence-corrected chi connectivity index (χ3v) is 14.4. The summed E-state index contributed by atoms with van der Waals surface area (Å²) in [5, 5.41) is 10.3. The van der Waals surface area contributed by atoms with Crippen molar-refractivity contribution in [3.63, 3.8) is 0 Å². The van der Waals surface area contributed by atoms with Gasteiger partial charge >= 0.3 is 0 Å². The Morgan fingerprint density at radius 1 is 0.414 bits per heavy atom. The van der Waals surface area contributed by atoms with Crippen LogP contribution in [0.15, 0.2) is 192 Å². The van der Waals surface area contributed by atoms with E-state index in [2.05, 4.69) is 195 Å². The molecule has 1 unspecified atom stereocenters. The molecule has 58 heavy (non-hydrogen) atoms. The number of hydrogen-bond donors (Lipinski definition) is 0. The van der Waals surface area contributed by atoms with Crippen molar-refractivity contribution in [3.05, 3.63) is 199 Å². The average molecular weight is 756 g/mol. The number of hydrogen-bond acceptors (Lipinski definition) is 1. The van der Waals surface area contributed by atoms with Crippen LogP contribution in [0.5, 0.6) is 0 Å². The molecule has 0 N–H and O–H groups in total. The van der Waals surface area contributed by atoms with E-state index in [1.165, 1.54) is 119 Å². The smallest absolute Gasteiger partial charge is 0.0703 e. The van der Waals surface area contributed by atoms with Gasteiger partial charge in [-0.15, -0.1) is 0 Å². The van der Waals surface area contributed by atoms with Gasteiger partial charge in [-0.3, -0.25) is 0 Å². The normalized spacial score (nSPS) is 14.6. The molecular weight excluding hydrogens is 723 g/mol. The largest absolute Gasteiger partial charge is 0.309 e. The van der Waals surface area contributed by atoms with E-state index in [4.69, 9.17) is 0 Å². The SMILES string of the molecule is c1ccc(C2Cc3cc(-n4c5ccccc5c5ccc6c(c7ccc8ccc9c%10ccccc%10n%10c%11ccccc%11n6c7c8c9%10)c54)ccc3Sc3ccccc32)cc1. The number of fused-ring (bicyclic) bond motifs is 15. The van der Waals surface area contributed by atoms with Crippen LogP contribution in [0, 0.1) is 0 Å². The summed E-state index contributed by atoms with van der Waals surface area (Å²) in [6.45, 7) is 0. The molecule has 9 aromatic carbocycles. The first-order valence-corrected chi connectivity index (χ1v) is 21.0. The summed E-state index contributed by atoms with van der Waals surface area (Å²) in [6, 6.07) is 68.3. The molecule has 0 fully saturated rings. The van der Waals surface area contributed by atoms with E-state index >= 15 is 0 Å². The van der Waals surface area contributed by atoms with Gasteiger partial charge in [0.1, 0.15) is 0 Å². The molecule has 0 aliphatic carbocycles. The van der Waals surface area contributed by atoms with Crippen molar-refractivity contribution in [2.24, 2.45) is 0 Å². The lowest BCUT2D eigenvalue weighted by Crippen LogP contribution is -2.05. The first kappa shape index (κ1) is 31.1. The average Bonchev–Trinajstić information content (AvgIpc) is 3.84. The molecule has 5 heterocycles. The van der Waals surface area contributed by atoms with Crippen LogP contribution in [0.1, 0.15) is 22.6 Å². The standard InChI is InChI=1S/C54H33N3S/c1-2-12-32(13-3-1)42-31-34-30-35(24-29-48(34)58-49-21-11-6-16-38(42)49)55-43-17-7-4-14-36(43)40-27-28-47-51(53(40)55)41-26-23-33-22-25-39-37-15-5-8-18-44(37)56-45-19-9-10-20-46(45)57(47)54(41)50(33)52(39)56/h1-30,42H,31H2. The third-order valence-electron chi connectivity index (χ3n) is 13.1. The fourth-order valence-corrected chi connectivity index (χ4v) is 11.9. The highest BCUT2D eigenvalue weighted by molar-refractivity contribution is 7.99. The first-order valence-electron chi connectivity index (χ1n) is 20.2. The van der Waals surface area contributed by atoms with Crippen molar-refractivity contribution in [1.29, 1.82) is 0 Å². The number of aromatic nitrogens is 3. The number of benzene rings is 9. The van der Waals surface area contributed by atoms with Gasteiger partial charge in [-0.1, -0.05) is 139 Å². The van der Waals surface area contributed by atoms with E-state index in [9.17, 15) is 0 Å². The van der Waals surface area contributed by atoms with Crippen molar-refractivity contribution in [2.75, 3.05) is 0 Å². The van der Waals surface area contributed by atoms with Gasteiger partial charge in [0.15, 0.2) is 0 Å². The summed E-state index contributed by atoms with van der Waals surface area (Å²) in [5.41, 5.74) is 15.3. The molecule has 1 aliphatic heterocycles. The molecule has 4 aromatic heterocycles. The fourth-order valence-electron chi connectivity index (χ4n) is 10.8. The lowest BCUT2D eigenvalue weighted by Gasteiger charge is -2.18. The minimum absolute atomic E-state index is 0.274. The molecule has 1 atom stereocenters. The van der Waals surface area contributed by atoms with E-state index in [1.54, 1.807) is 0 Å². The predicted octanol–water partition coefficient (Wildman–Crippen LogP) is 14.3. The van der Waals surface area contributed by atoms with Gasteiger partial charge in [0.2, 0.25) is 0 Å². The lowest BCUT2D eigenvalue weighted by atomic mass is 9.86. The number of para-hydroxylation sites is 4. The lowest BCUT2D eigenvalue weighted by molar-refractivity contribution is 0.784. The van der Waals surface area contributed by atoms with Crippen molar-refractivity contribution in [1.82, 2.24) is 13.4 Å². The molecule has 0 radical (unpaired) electrons. The first-order chi connectivity index (χ1) is 28.8. The van der Waals surface area contributed by atoms with Crippen LogP contribution >= 0.6 is 11.8 Å². The van der Waals surface area contributed by atoms with Gasteiger partial charge in [-0.05, 0) is 83.1 Å². The summed E-state index contributed by atoms with van der Waals surface area (Å²) in [6.07, 6.45) is 0.940. The third kappa shape index (κ3) is 3.95. The summed E-state index contributed by atoms with van der Waals surface area (Å²) in [7, 11) is 0. The Hall–Kier alpha value is -7.01. The molecular formula is C54H33N3S. The minimum Gasteiger partial charge on any atom is -0.309 e. The second-order valence-electron chi connectivity index (χ2n) is 16.0. The summed E-state index contributed by atoms with van der Waals surface area (Å²) < 4.78 is 7.65. The van der Waals surface area contributed by atoms with Gasteiger partial charge in [0.05, 0.1) is 44.1 Å². The molecule has 1 aliphatic rings. The molecule has 0 saturated heterocycles. The van der Waals surface area contributed by atoms with E-state index in [0.717, 1.165) is 6.42 Å². The molecule has 0 saturated carbocycles. The van der Waals surface area contributed by atoms with E-state index in [-0.39, 0.29) is 5.92 Å². The zero-order valence-electron chi connectivity index (χ0n) is 31.4. The summed E-state index contributed by atoms with van der Waals surface area (Å²) in [5.74, 6) is 0.274. The summed E-state index contributed by atoms with van der Waals surface area (Å²) in [4.78, 5) is 2.68. The Morgan fingerprint density at radius 2 is 1.03 bits per heavy atom. The van der Waals surface area contributed by atoms with Gasteiger partial charge in [-0.2, -0.15) is 0 Å². The van der Waals surface area contributed by atoms with Crippen LogP contribution in [0.25, 0.3) is 92.9 Å². The topological polar surface area (TPSA) is 13.8 Å². The highest BCUT2D eigenvalue weighted by Crippen LogP contribution is 2.48. The number of nitrogens with zero attached hydrogens (tertiary/aromatic N) is 3. The molecule has 270 valence electrons. The molecule has 0 spiro atoms. The molecule has 4 heteroatoms. The second-order valence-corrected chi connectivity index (χ2v) is 17.1. The van der Waals surface area contributed by atoms with E-state index in [1.807, 2.05) is 11.8 Å². The molecule has 3 nitrogen and oxygen atoms in total. The number of rotatable bonds is 2. The Balaban J connectivity index is 1.13. The molecule has 0 bridgehead atoms. The van der Waals surface area contributed by atoms with Crippen molar-refractivity contribution in [3.8, 4) is 5.69 Å².